The van der Waals surface area contributed by atoms with E-state index in [1.807, 2.05) is 34.9 Å². The van der Waals surface area contributed by atoms with E-state index in [0.717, 1.165) is 35.3 Å². The number of nitrogens with zero attached hydrogens (tertiary/aromatic N) is 4. The quantitative estimate of drug-likeness (QED) is 0.0815. The highest BCUT2D eigenvalue weighted by Crippen LogP contribution is 2.40. The van der Waals surface area contributed by atoms with Crippen LogP contribution in [0.5, 0.6) is 0 Å². The van der Waals surface area contributed by atoms with Crippen LogP contribution in [0.25, 0.3) is 0 Å². The van der Waals surface area contributed by atoms with Gasteiger partial charge in [0.1, 0.15) is 5.00 Å². The van der Waals surface area contributed by atoms with Crippen LogP contribution in [-0.2, 0) is 41.9 Å². The Balaban J connectivity index is 1.32. The van der Waals surface area contributed by atoms with Gasteiger partial charge < -0.3 is 19.9 Å². The monoisotopic (exact) mass is 662 g/mol. The summed E-state index contributed by atoms with van der Waals surface area (Å²) >= 11 is 2.65. The van der Waals surface area contributed by atoms with Gasteiger partial charge in [0.15, 0.2) is 11.0 Å². The number of carbonyl (C=O) groups excluding carboxylic acids is 3. The zero-order valence-electron chi connectivity index (χ0n) is 25.7. The van der Waals surface area contributed by atoms with Crippen molar-refractivity contribution in [1.29, 1.82) is 0 Å². The minimum atomic E-state index is -0.595. The SMILES string of the molecule is CCOC(=O)c1c(NC(=O)[C@H](C)Sc2nnc(CNC(=O)c3ccc(C)c([N+](=O)[O-])c3)n2CCc2ccccc2)sc2c1CCC2. The molecular weight excluding hydrogens is 629 g/mol. The van der Waals surface area contributed by atoms with Gasteiger partial charge >= 0.3 is 5.97 Å². The summed E-state index contributed by atoms with van der Waals surface area (Å²) in [4.78, 5) is 51.0. The summed E-state index contributed by atoms with van der Waals surface area (Å²) < 4.78 is 7.16. The van der Waals surface area contributed by atoms with E-state index >= 15 is 0 Å². The Hall–Kier alpha value is -4.56. The molecule has 0 saturated carbocycles. The van der Waals surface area contributed by atoms with E-state index in [-0.39, 0.29) is 30.3 Å². The average molecular weight is 663 g/mol. The predicted octanol–water partition coefficient (Wildman–Crippen LogP) is 5.51. The first-order chi connectivity index (χ1) is 22.2. The number of nitro groups is 1. The number of esters is 1. The summed E-state index contributed by atoms with van der Waals surface area (Å²) in [5.41, 5.74) is 3.00. The van der Waals surface area contributed by atoms with Gasteiger partial charge in [-0.25, -0.2) is 4.79 Å². The normalized spacial score (nSPS) is 12.8. The molecule has 4 aromatic rings. The van der Waals surface area contributed by atoms with Crippen molar-refractivity contribution >= 4 is 51.6 Å². The second-order valence-corrected chi connectivity index (χ2v) is 13.2. The van der Waals surface area contributed by atoms with E-state index in [9.17, 15) is 24.5 Å². The molecule has 5 rings (SSSR count). The van der Waals surface area contributed by atoms with Gasteiger partial charge in [-0.3, -0.25) is 19.7 Å². The van der Waals surface area contributed by atoms with Crippen LogP contribution in [0.2, 0.25) is 0 Å². The second-order valence-electron chi connectivity index (χ2n) is 10.8. The lowest BCUT2D eigenvalue weighted by Crippen LogP contribution is -2.26. The molecule has 2 aromatic carbocycles. The Kier molecular flexibility index (Phi) is 10.5. The Morgan fingerprint density at radius 2 is 1.93 bits per heavy atom. The van der Waals surface area contributed by atoms with Crippen molar-refractivity contribution in [2.45, 2.75) is 70.0 Å². The minimum Gasteiger partial charge on any atom is -0.462 e. The van der Waals surface area contributed by atoms with Crippen molar-refractivity contribution in [2.24, 2.45) is 0 Å². The number of thioether (sulfide) groups is 1. The van der Waals surface area contributed by atoms with Crippen molar-refractivity contribution in [3.8, 4) is 0 Å². The number of nitro benzene ring substituents is 1. The molecule has 1 aliphatic carbocycles. The van der Waals surface area contributed by atoms with Crippen LogP contribution < -0.4 is 10.6 Å². The predicted molar refractivity (Wildman–Crippen MR) is 175 cm³/mol. The third kappa shape index (κ3) is 7.45. The third-order valence-electron chi connectivity index (χ3n) is 7.62. The molecule has 0 fully saturated rings. The van der Waals surface area contributed by atoms with Crippen LogP contribution >= 0.6 is 23.1 Å². The van der Waals surface area contributed by atoms with Gasteiger partial charge in [0.25, 0.3) is 11.6 Å². The largest absolute Gasteiger partial charge is 0.462 e. The summed E-state index contributed by atoms with van der Waals surface area (Å²) in [7, 11) is 0. The molecular formula is C32H34N6O6S2. The van der Waals surface area contributed by atoms with Gasteiger partial charge in [0.05, 0.1) is 28.9 Å². The first kappa shape index (κ1) is 32.8. The van der Waals surface area contributed by atoms with Crippen molar-refractivity contribution in [3.05, 3.63) is 97.2 Å². The Morgan fingerprint density at radius 1 is 1.15 bits per heavy atom. The lowest BCUT2D eigenvalue weighted by atomic mass is 10.1. The van der Waals surface area contributed by atoms with Gasteiger partial charge in [-0.2, -0.15) is 0 Å². The number of nitrogens with one attached hydrogen (secondary N) is 2. The lowest BCUT2D eigenvalue weighted by Gasteiger charge is -2.14. The zero-order valence-corrected chi connectivity index (χ0v) is 27.3. The van der Waals surface area contributed by atoms with Crippen LogP contribution in [0.15, 0.2) is 53.7 Å². The maximum atomic E-state index is 13.4. The van der Waals surface area contributed by atoms with E-state index in [1.165, 1.54) is 41.3 Å². The molecule has 0 unspecified atom stereocenters. The number of rotatable bonds is 13. The molecule has 14 heteroatoms. The number of thiophene rings is 1. The van der Waals surface area contributed by atoms with Gasteiger partial charge in [0, 0.05) is 28.6 Å². The number of ether oxygens (including phenoxy) is 1. The van der Waals surface area contributed by atoms with E-state index in [1.54, 1.807) is 20.8 Å². The fraction of sp³-hybridized carbons (Fsp3) is 0.344. The maximum Gasteiger partial charge on any atom is 0.341 e. The van der Waals surface area contributed by atoms with E-state index in [4.69, 9.17) is 4.74 Å². The van der Waals surface area contributed by atoms with Crippen LogP contribution in [0.3, 0.4) is 0 Å². The molecule has 46 heavy (non-hydrogen) atoms. The molecule has 240 valence electrons. The first-order valence-electron chi connectivity index (χ1n) is 14.9. The minimum absolute atomic E-state index is 0.0209. The Bertz CT molecular complexity index is 1770. The van der Waals surface area contributed by atoms with Crippen LogP contribution in [0, 0.1) is 17.0 Å². The van der Waals surface area contributed by atoms with Crippen LogP contribution in [0.1, 0.15) is 68.4 Å². The summed E-state index contributed by atoms with van der Waals surface area (Å²) in [6.45, 7) is 5.88. The number of aromatic nitrogens is 3. The molecule has 2 heterocycles. The first-order valence-corrected chi connectivity index (χ1v) is 16.6. The number of fused-ring (bicyclic) bond motifs is 1. The molecule has 2 amide bonds. The van der Waals surface area contributed by atoms with Gasteiger partial charge in [-0.15, -0.1) is 21.5 Å². The Labute approximate surface area is 274 Å². The second kappa shape index (κ2) is 14.7. The number of hydrogen-bond acceptors (Lipinski definition) is 10. The Morgan fingerprint density at radius 3 is 2.67 bits per heavy atom. The summed E-state index contributed by atoms with van der Waals surface area (Å²) in [5.74, 6) is -0.725. The number of amides is 2. The smallest absolute Gasteiger partial charge is 0.341 e. The number of benzene rings is 2. The number of hydrogen-bond donors (Lipinski definition) is 2. The van der Waals surface area contributed by atoms with Gasteiger partial charge in [0.2, 0.25) is 5.91 Å². The average Bonchev–Trinajstić information content (AvgIpc) is 3.74. The highest BCUT2D eigenvalue weighted by atomic mass is 32.2. The summed E-state index contributed by atoms with van der Waals surface area (Å²) in [6, 6.07) is 14.2. The number of anilines is 1. The van der Waals surface area contributed by atoms with E-state index in [0.29, 0.717) is 40.1 Å². The fourth-order valence-corrected chi connectivity index (χ4v) is 7.37. The molecule has 0 saturated heterocycles. The molecule has 12 nitrogen and oxygen atoms in total. The van der Waals surface area contributed by atoms with Crippen molar-refractivity contribution < 1.29 is 24.0 Å². The van der Waals surface area contributed by atoms with Crippen LogP contribution in [-0.4, -0.2) is 49.3 Å². The van der Waals surface area contributed by atoms with Crippen LogP contribution in [0.4, 0.5) is 10.7 Å². The maximum absolute atomic E-state index is 13.4. The van der Waals surface area contributed by atoms with Gasteiger partial charge in [-0.1, -0.05) is 48.2 Å². The molecule has 1 aliphatic rings. The van der Waals surface area contributed by atoms with Crippen molar-refractivity contribution in [2.75, 3.05) is 11.9 Å². The summed E-state index contributed by atoms with van der Waals surface area (Å²) in [5, 5.41) is 26.2. The van der Waals surface area contributed by atoms with E-state index < -0.39 is 22.0 Å². The third-order valence-corrected chi connectivity index (χ3v) is 9.91. The molecule has 2 aromatic heterocycles. The number of aryl methyl sites for hydroxylation is 3. The molecule has 2 N–H and O–H groups in total. The van der Waals surface area contributed by atoms with E-state index in [2.05, 4.69) is 20.8 Å². The van der Waals surface area contributed by atoms with Crippen molar-refractivity contribution in [3.63, 3.8) is 0 Å². The summed E-state index contributed by atoms with van der Waals surface area (Å²) in [6.07, 6.45) is 3.28. The van der Waals surface area contributed by atoms with Crippen molar-refractivity contribution in [1.82, 2.24) is 20.1 Å². The topological polar surface area (TPSA) is 158 Å². The fourth-order valence-electron chi connectivity index (χ4n) is 5.19. The lowest BCUT2D eigenvalue weighted by molar-refractivity contribution is -0.385. The molecule has 1 atom stereocenters. The highest BCUT2D eigenvalue weighted by molar-refractivity contribution is 8.00. The number of carbonyl (C=O) groups is 3. The highest BCUT2D eigenvalue weighted by Gasteiger charge is 2.30. The molecule has 0 radical (unpaired) electrons. The van der Waals surface area contributed by atoms with Gasteiger partial charge in [-0.05, 0) is 63.6 Å². The molecule has 0 bridgehead atoms. The zero-order chi connectivity index (χ0) is 32.8. The molecule has 0 aliphatic heterocycles. The molecule has 0 spiro atoms. The standard InChI is InChI=1S/C32H34N6O6S2/c1-4-44-31(41)27-23-11-8-12-25(23)46-30(27)34-28(39)20(3)45-32-36-35-26(37(32)16-15-21-9-6-5-7-10-21)18-33-29(40)22-14-13-19(2)24(17-22)38(42)43/h5-7,9-10,13-14,17,20H,4,8,11-12,15-16,18H2,1-3H3,(H,33,40)(H,34,39)/t20-/m0/s1.